The minimum absolute atomic E-state index is 0.0170. The molecule has 0 aromatic heterocycles. The minimum Gasteiger partial charge on any atom is -0.396 e. The first kappa shape index (κ1) is 19.4. The fourth-order valence-corrected chi connectivity index (χ4v) is 2.24. The molecule has 0 bridgehead atoms. The molecule has 0 heterocycles. The summed E-state index contributed by atoms with van der Waals surface area (Å²) in [5.41, 5.74) is 0.893. The molecule has 0 radical (unpaired) electrons. The van der Waals surface area contributed by atoms with Gasteiger partial charge in [-0.1, -0.05) is 19.1 Å². The lowest BCUT2D eigenvalue weighted by Gasteiger charge is -2.29. The zero-order chi connectivity index (χ0) is 17.5. The molecule has 0 aliphatic rings. The van der Waals surface area contributed by atoms with Crippen LogP contribution in [0.1, 0.15) is 37.8 Å². The van der Waals surface area contributed by atoms with E-state index in [1.54, 1.807) is 6.07 Å². The first-order valence-corrected chi connectivity index (χ1v) is 7.88. The summed E-state index contributed by atoms with van der Waals surface area (Å²) in [6, 6.07) is 4.69. The van der Waals surface area contributed by atoms with Crippen molar-refractivity contribution >= 4 is 6.03 Å². The molecule has 0 fully saturated rings. The third-order valence-electron chi connectivity index (χ3n) is 3.92. The van der Waals surface area contributed by atoms with Crippen molar-refractivity contribution in [3.63, 3.8) is 0 Å². The first-order valence-electron chi connectivity index (χ1n) is 7.88. The molecule has 0 saturated carbocycles. The van der Waals surface area contributed by atoms with Crippen LogP contribution in [0.15, 0.2) is 18.2 Å². The van der Waals surface area contributed by atoms with Crippen molar-refractivity contribution in [3.8, 4) is 0 Å². The van der Waals surface area contributed by atoms with E-state index in [1.165, 1.54) is 6.07 Å². The maximum Gasteiger partial charge on any atom is 0.315 e. The van der Waals surface area contributed by atoms with Gasteiger partial charge in [0.05, 0.1) is 0 Å². The number of rotatable bonds is 8. The summed E-state index contributed by atoms with van der Waals surface area (Å²) in [6.07, 6.45) is 1.21. The molecule has 23 heavy (non-hydrogen) atoms. The molecule has 5 nitrogen and oxygen atoms in total. The van der Waals surface area contributed by atoms with Crippen molar-refractivity contribution in [3.05, 3.63) is 35.1 Å². The fraction of sp³-hybridized carbons (Fsp3) is 0.588. The van der Waals surface area contributed by atoms with E-state index in [9.17, 15) is 9.18 Å². The summed E-state index contributed by atoms with van der Waals surface area (Å²) in [5.74, 6) is -0.267. The van der Waals surface area contributed by atoms with Crippen molar-refractivity contribution in [1.29, 1.82) is 0 Å². The van der Waals surface area contributed by atoms with E-state index in [2.05, 4.69) is 10.6 Å². The predicted octanol–water partition coefficient (Wildman–Crippen LogP) is 2.24. The highest BCUT2D eigenvalue weighted by Crippen LogP contribution is 2.14. The minimum atomic E-state index is -0.445. The molecule has 1 aromatic carbocycles. The van der Waals surface area contributed by atoms with Crippen molar-refractivity contribution in [2.24, 2.45) is 0 Å². The first-order chi connectivity index (χ1) is 10.8. The Bertz CT molecular complexity index is 523. The standard InChI is InChI=1S/C17H28FN3O2/c1-5-17(2,8-9-22)20-16(23)19-11-13-6-7-14(12-21(3)4)15(18)10-13/h6-7,10,22H,5,8-9,11-12H2,1-4H3,(H2,19,20,23). The van der Waals surface area contributed by atoms with Crippen LogP contribution in [0.5, 0.6) is 0 Å². The highest BCUT2D eigenvalue weighted by atomic mass is 19.1. The van der Waals surface area contributed by atoms with Gasteiger partial charge in [0.1, 0.15) is 5.82 Å². The number of nitrogens with zero attached hydrogens (tertiary/aromatic N) is 1. The monoisotopic (exact) mass is 325 g/mol. The maximum atomic E-state index is 14.0. The molecule has 130 valence electrons. The molecular weight excluding hydrogens is 297 g/mol. The van der Waals surface area contributed by atoms with E-state index in [0.29, 0.717) is 24.1 Å². The number of aliphatic hydroxyl groups is 1. The number of amides is 2. The summed E-state index contributed by atoms with van der Waals surface area (Å²) in [7, 11) is 3.77. The number of nitrogens with one attached hydrogen (secondary N) is 2. The van der Waals surface area contributed by atoms with E-state index < -0.39 is 5.54 Å². The Morgan fingerprint density at radius 1 is 1.39 bits per heavy atom. The topological polar surface area (TPSA) is 64.6 Å². The number of carbonyl (C=O) groups is 1. The number of urea groups is 1. The molecule has 2 amide bonds. The SMILES string of the molecule is CCC(C)(CCO)NC(=O)NCc1ccc(CN(C)C)c(F)c1. The molecule has 0 aliphatic carbocycles. The fourth-order valence-electron chi connectivity index (χ4n) is 2.24. The Balaban J connectivity index is 2.57. The predicted molar refractivity (Wildman–Crippen MR) is 89.6 cm³/mol. The Hall–Kier alpha value is -1.66. The molecule has 0 aliphatic heterocycles. The molecule has 6 heteroatoms. The van der Waals surface area contributed by atoms with Gasteiger partial charge in [0, 0.05) is 30.8 Å². The van der Waals surface area contributed by atoms with Gasteiger partial charge in [-0.05, 0) is 45.5 Å². The number of carbonyl (C=O) groups excluding carboxylic acids is 1. The molecule has 1 rings (SSSR count). The van der Waals surface area contributed by atoms with E-state index in [1.807, 2.05) is 38.9 Å². The highest BCUT2D eigenvalue weighted by molar-refractivity contribution is 5.74. The van der Waals surface area contributed by atoms with Gasteiger partial charge in [0.15, 0.2) is 0 Å². The highest BCUT2D eigenvalue weighted by Gasteiger charge is 2.23. The van der Waals surface area contributed by atoms with Crippen molar-refractivity contribution in [2.75, 3.05) is 20.7 Å². The van der Waals surface area contributed by atoms with E-state index in [0.717, 1.165) is 6.42 Å². The number of halogens is 1. The van der Waals surface area contributed by atoms with Gasteiger partial charge in [0.25, 0.3) is 0 Å². The Morgan fingerprint density at radius 3 is 2.61 bits per heavy atom. The Kier molecular flexibility index (Phi) is 7.45. The largest absolute Gasteiger partial charge is 0.396 e. The summed E-state index contributed by atoms with van der Waals surface area (Å²) in [6.45, 7) is 4.65. The molecule has 1 aromatic rings. The number of aliphatic hydroxyl groups excluding tert-OH is 1. The molecule has 0 saturated heterocycles. The van der Waals surface area contributed by atoms with Crippen LogP contribution in [-0.2, 0) is 13.1 Å². The number of hydrogen-bond acceptors (Lipinski definition) is 3. The molecule has 1 atom stereocenters. The second kappa shape index (κ2) is 8.84. The lowest BCUT2D eigenvalue weighted by Crippen LogP contribution is -2.50. The summed E-state index contributed by atoms with van der Waals surface area (Å²) < 4.78 is 14.0. The smallest absolute Gasteiger partial charge is 0.315 e. The van der Waals surface area contributed by atoms with Gasteiger partial charge in [0.2, 0.25) is 0 Å². The van der Waals surface area contributed by atoms with E-state index >= 15 is 0 Å². The summed E-state index contributed by atoms with van der Waals surface area (Å²) in [4.78, 5) is 13.9. The molecule has 1 unspecified atom stereocenters. The van der Waals surface area contributed by atoms with Crippen molar-refractivity contribution in [2.45, 2.75) is 45.3 Å². The third-order valence-corrected chi connectivity index (χ3v) is 3.92. The van der Waals surface area contributed by atoms with Gasteiger partial charge in [-0.15, -0.1) is 0 Å². The average Bonchev–Trinajstić information content (AvgIpc) is 2.47. The zero-order valence-electron chi connectivity index (χ0n) is 14.4. The van der Waals surface area contributed by atoms with Crippen LogP contribution in [0, 0.1) is 5.82 Å². The van der Waals surface area contributed by atoms with Gasteiger partial charge in [-0.2, -0.15) is 0 Å². The quantitative estimate of drug-likeness (QED) is 0.687. The summed E-state index contributed by atoms with van der Waals surface area (Å²) in [5, 5.41) is 14.6. The van der Waals surface area contributed by atoms with Crippen LogP contribution in [-0.4, -0.2) is 42.3 Å². The molecule has 3 N–H and O–H groups in total. The second-order valence-electron chi connectivity index (χ2n) is 6.36. The van der Waals surface area contributed by atoms with Gasteiger partial charge >= 0.3 is 6.03 Å². The van der Waals surface area contributed by atoms with Crippen LogP contribution < -0.4 is 10.6 Å². The van der Waals surface area contributed by atoms with Crippen molar-refractivity contribution < 1.29 is 14.3 Å². The zero-order valence-corrected chi connectivity index (χ0v) is 14.4. The van der Waals surface area contributed by atoms with Gasteiger partial charge in [-0.25, -0.2) is 9.18 Å². The van der Waals surface area contributed by atoms with E-state index in [-0.39, 0.29) is 25.0 Å². The number of benzene rings is 1. The van der Waals surface area contributed by atoms with Crippen molar-refractivity contribution in [1.82, 2.24) is 15.5 Å². The van der Waals surface area contributed by atoms with Crippen LogP contribution in [0.3, 0.4) is 0 Å². The average molecular weight is 325 g/mol. The molecular formula is C17H28FN3O2. The normalized spacial score (nSPS) is 13.7. The maximum absolute atomic E-state index is 14.0. The third kappa shape index (κ3) is 6.54. The van der Waals surface area contributed by atoms with Gasteiger partial charge < -0.3 is 20.6 Å². The second-order valence-corrected chi connectivity index (χ2v) is 6.36. The summed E-state index contributed by atoms with van der Waals surface area (Å²) >= 11 is 0. The van der Waals surface area contributed by atoms with Crippen LogP contribution in [0.25, 0.3) is 0 Å². The Morgan fingerprint density at radius 2 is 2.09 bits per heavy atom. The van der Waals surface area contributed by atoms with Crippen LogP contribution >= 0.6 is 0 Å². The number of hydrogen-bond donors (Lipinski definition) is 3. The Labute approximate surface area is 137 Å². The van der Waals surface area contributed by atoms with Crippen LogP contribution in [0.4, 0.5) is 9.18 Å². The van der Waals surface area contributed by atoms with E-state index in [4.69, 9.17) is 5.11 Å². The lowest BCUT2D eigenvalue weighted by molar-refractivity contribution is 0.200. The molecule has 0 spiro atoms. The van der Waals surface area contributed by atoms with Gasteiger partial charge in [-0.3, -0.25) is 0 Å². The lowest BCUT2D eigenvalue weighted by atomic mass is 9.95. The van der Waals surface area contributed by atoms with Crippen LogP contribution in [0.2, 0.25) is 0 Å².